The molecule has 3 aromatic rings. The second-order valence-electron chi connectivity index (χ2n) is 8.32. The molecule has 2 heterocycles. The van der Waals surface area contributed by atoms with Crippen LogP contribution in [-0.2, 0) is 27.7 Å². The Morgan fingerprint density at radius 2 is 1.91 bits per heavy atom. The molecule has 0 saturated carbocycles. The minimum atomic E-state index is -3.85. The van der Waals surface area contributed by atoms with Gasteiger partial charge in [-0.3, -0.25) is 9.52 Å². The predicted octanol–water partition coefficient (Wildman–Crippen LogP) is 4.44. The number of carbonyl (C=O) groups excluding carboxylic acids is 1. The lowest BCUT2D eigenvalue weighted by Gasteiger charge is -2.14. The highest BCUT2D eigenvalue weighted by Crippen LogP contribution is 2.30. The smallest absolute Gasteiger partial charge is 0.263 e. The van der Waals surface area contributed by atoms with Gasteiger partial charge in [0.05, 0.1) is 15.7 Å². The number of thioether (sulfide) groups is 1. The first kappa shape index (κ1) is 24.8. The van der Waals surface area contributed by atoms with Crippen molar-refractivity contribution in [3.63, 3.8) is 0 Å². The van der Waals surface area contributed by atoms with Crippen LogP contribution in [-0.4, -0.2) is 29.7 Å². The quantitative estimate of drug-likeness (QED) is 0.351. The molecule has 1 atom stereocenters. The van der Waals surface area contributed by atoms with E-state index in [-0.39, 0.29) is 16.6 Å². The molecule has 0 radical (unpaired) electrons. The Hall–Kier alpha value is -3.36. The van der Waals surface area contributed by atoms with Crippen LogP contribution in [0.15, 0.2) is 50.8 Å². The maximum atomic E-state index is 12.8. The Bertz CT molecular complexity index is 1380. The van der Waals surface area contributed by atoms with Crippen LogP contribution < -0.4 is 10.0 Å². The molecule has 35 heavy (non-hydrogen) atoms. The maximum absolute atomic E-state index is 12.8. The molecule has 182 valence electrons. The number of pyridine rings is 1. The molecule has 1 unspecified atom stereocenters. The summed E-state index contributed by atoms with van der Waals surface area (Å²) in [5.41, 5.74) is 3.08. The van der Waals surface area contributed by atoms with Gasteiger partial charge in [-0.2, -0.15) is 5.26 Å². The summed E-state index contributed by atoms with van der Waals surface area (Å²) in [7, 11) is -3.85. The summed E-state index contributed by atoms with van der Waals surface area (Å²) in [6.45, 7) is 3.41. The summed E-state index contributed by atoms with van der Waals surface area (Å²) in [6, 6.07) is 11.4. The molecular formula is C24H25N5O4S2. The van der Waals surface area contributed by atoms with Gasteiger partial charge in [-0.15, -0.1) is 0 Å². The van der Waals surface area contributed by atoms with Crippen LogP contribution in [0.4, 0.5) is 11.5 Å². The number of benzene rings is 1. The van der Waals surface area contributed by atoms with Gasteiger partial charge in [-0.25, -0.2) is 13.4 Å². The van der Waals surface area contributed by atoms with E-state index < -0.39 is 15.3 Å². The monoisotopic (exact) mass is 511 g/mol. The minimum Gasteiger partial charge on any atom is -0.360 e. The van der Waals surface area contributed by atoms with Gasteiger partial charge < -0.3 is 9.84 Å². The number of aromatic nitrogens is 2. The summed E-state index contributed by atoms with van der Waals surface area (Å²) in [5, 5.41) is 16.1. The molecule has 11 heteroatoms. The number of rotatable bonds is 7. The van der Waals surface area contributed by atoms with Crippen LogP contribution in [0.25, 0.3) is 0 Å². The second-order valence-corrected chi connectivity index (χ2v) is 11.3. The molecule has 0 bridgehead atoms. The van der Waals surface area contributed by atoms with Crippen LogP contribution in [0, 0.1) is 18.3 Å². The number of amides is 1. The summed E-state index contributed by atoms with van der Waals surface area (Å²) in [5.74, 6) is 0.298. The Balaban J connectivity index is 1.42. The number of fused-ring (bicyclic) bond motifs is 1. The highest BCUT2D eigenvalue weighted by molar-refractivity contribution is 8.00. The molecule has 0 fully saturated rings. The highest BCUT2D eigenvalue weighted by atomic mass is 32.2. The second kappa shape index (κ2) is 10.5. The molecule has 0 saturated heterocycles. The van der Waals surface area contributed by atoms with Gasteiger partial charge in [0.2, 0.25) is 5.91 Å². The average Bonchev–Trinajstić information content (AvgIpc) is 3.09. The fourth-order valence-corrected chi connectivity index (χ4v) is 5.63. The van der Waals surface area contributed by atoms with E-state index in [0.717, 1.165) is 43.4 Å². The summed E-state index contributed by atoms with van der Waals surface area (Å²) < 4.78 is 32.3. The molecule has 1 aliphatic carbocycles. The number of anilines is 2. The average molecular weight is 512 g/mol. The summed E-state index contributed by atoms with van der Waals surface area (Å²) in [4.78, 5) is 17.5. The fourth-order valence-electron chi connectivity index (χ4n) is 3.75. The third kappa shape index (κ3) is 6.01. The van der Waals surface area contributed by atoms with Gasteiger partial charge in [0.25, 0.3) is 10.0 Å². The molecular weight excluding hydrogens is 486 g/mol. The van der Waals surface area contributed by atoms with E-state index in [4.69, 9.17) is 9.51 Å². The van der Waals surface area contributed by atoms with E-state index in [0.29, 0.717) is 22.0 Å². The van der Waals surface area contributed by atoms with Gasteiger partial charge in [0.15, 0.2) is 5.82 Å². The number of nitrogens with zero attached hydrogens (tertiary/aromatic N) is 3. The number of aryl methyl sites for hydroxylation is 3. The Labute approximate surface area is 208 Å². The van der Waals surface area contributed by atoms with Crippen molar-refractivity contribution in [2.24, 2.45) is 0 Å². The van der Waals surface area contributed by atoms with Gasteiger partial charge in [0.1, 0.15) is 16.9 Å². The Kier molecular flexibility index (Phi) is 7.42. The SMILES string of the molecule is Cc1cc(NS(=O)(=O)c2ccc(NC(=O)C(C)Sc3nc4c(cc3C#N)CCCCC4)cc2)no1. The topological polar surface area (TPSA) is 138 Å². The summed E-state index contributed by atoms with van der Waals surface area (Å²) in [6.07, 6.45) is 5.13. The van der Waals surface area contributed by atoms with E-state index in [1.807, 2.05) is 6.07 Å². The molecule has 2 N–H and O–H groups in total. The molecule has 9 nitrogen and oxygen atoms in total. The van der Waals surface area contributed by atoms with E-state index >= 15 is 0 Å². The number of hydrogen-bond acceptors (Lipinski definition) is 8. The molecule has 0 spiro atoms. The zero-order chi connectivity index (χ0) is 25.0. The maximum Gasteiger partial charge on any atom is 0.263 e. The number of hydrogen-bond donors (Lipinski definition) is 2. The van der Waals surface area contributed by atoms with Crippen LogP contribution in [0.2, 0.25) is 0 Å². The van der Waals surface area contributed by atoms with Gasteiger partial charge in [-0.1, -0.05) is 23.3 Å². The molecule has 1 amide bonds. The Morgan fingerprint density at radius 3 is 2.60 bits per heavy atom. The van der Waals surface area contributed by atoms with Gasteiger partial charge in [0, 0.05) is 17.4 Å². The standard InChI is InChI=1S/C24H25N5O4S2/c1-15-12-22(28-33-15)29-35(31,32)20-10-8-19(9-11-20)26-23(30)16(2)34-24-18(14-25)13-17-6-4-3-5-7-21(17)27-24/h8-13,16H,3-7H2,1-2H3,(H,26,30)(H,28,29). The zero-order valence-corrected chi connectivity index (χ0v) is 21.0. The van der Waals surface area contributed by atoms with Crippen molar-refractivity contribution >= 4 is 39.2 Å². The predicted molar refractivity (Wildman–Crippen MR) is 133 cm³/mol. The van der Waals surface area contributed by atoms with E-state index in [9.17, 15) is 18.5 Å². The van der Waals surface area contributed by atoms with Crippen LogP contribution in [0.5, 0.6) is 0 Å². The van der Waals surface area contributed by atoms with Crippen molar-refractivity contribution in [1.82, 2.24) is 10.1 Å². The van der Waals surface area contributed by atoms with E-state index in [1.165, 1.54) is 42.1 Å². The number of sulfonamides is 1. The number of nitrogens with one attached hydrogen (secondary N) is 2. The molecule has 1 aliphatic rings. The number of carbonyl (C=O) groups is 1. The lowest BCUT2D eigenvalue weighted by atomic mass is 10.1. The lowest BCUT2D eigenvalue weighted by molar-refractivity contribution is -0.115. The van der Waals surface area contributed by atoms with Gasteiger partial charge >= 0.3 is 0 Å². The first-order valence-electron chi connectivity index (χ1n) is 11.2. The van der Waals surface area contributed by atoms with Crippen LogP contribution in [0.3, 0.4) is 0 Å². The highest BCUT2D eigenvalue weighted by Gasteiger charge is 2.21. The molecule has 0 aliphatic heterocycles. The Morgan fingerprint density at radius 1 is 1.17 bits per heavy atom. The molecule has 4 rings (SSSR count). The van der Waals surface area contributed by atoms with Crippen LogP contribution >= 0.6 is 11.8 Å². The van der Waals surface area contributed by atoms with E-state index in [2.05, 4.69) is 21.3 Å². The first-order chi connectivity index (χ1) is 16.7. The minimum absolute atomic E-state index is 0.0198. The normalized spacial score (nSPS) is 14.3. The van der Waals surface area contributed by atoms with Crippen molar-refractivity contribution < 1.29 is 17.7 Å². The van der Waals surface area contributed by atoms with Gasteiger partial charge in [-0.05, 0) is 75.4 Å². The third-order valence-corrected chi connectivity index (χ3v) is 8.07. The molecule has 1 aromatic carbocycles. The third-order valence-electron chi connectivity index (χ3n) is 5.59. The lowest BCUT2D eigenvalue weighted by Crippen LogP contribution is -2.23. The van der Waals surface area contributed by atoms with Crippen molar-refractivity contribution in [2.75, 3.05) is 10.0 Å². The van der Waals surface area contributed by atoms with Crippen molar-refractivity contribution in [3.05, 3.63) is 59.0 Å². The summed E-state index contributed by atoms with van der Waals surface area (Å²) >= 11 is 1.25. The first-order valence-corrected chi connectivity index (χ1v) is 13.6. The van der Waals surface area contributed by atoms with Crippen molar-refractivity contribution in [2.45, 2.75) is 61.1 Å². The number of nitriles is 1. The van der Waals surface area contributed by atoms with E-state index in [1.54, 1.807) is 13.8 Å². The zero-order valence-electron chi connectivity index (χ0n) is 19.4. The molecule has 2 aromatic heterocycles. The largest absolute Gasteiger partial charge is 0.360 e. The fraction of sp³-hybridized carbons (Fsp3) is 0.333. The van der Waals surface area contributed by atoms with Crippen molar-refractivity contribution in [1.29, 1.82) is 5.26 Å². The van der Waals surface area contributed by atoms with Crippen LogP contribution in [0.1, 0.15) is 48.8 Å². The van der Waals surface area contributed by atoms with Crippen molar-refractivity contribution in [3.8, 4) is 6.07 Å².